The first-order chi connectivity index (χ1) is 14.0. The van der Waals surface area contributed by atoms with Gasteiger partial charge in [-0.2, -0.15) is 5.10 Å². The Bertz CT molecular complexity index is 1210. The van der Waals surface area contributed by atoms with Crippen LogP contribution in [0.5, 0.6) is 0 Å². The molecule has 0 aliphatic rings. The quantitative estimate of drug-likeness (QED) is 0.528. The summed E-state index contributed by atoms with van der Waals surface area (Å²) >= 11 is 0. The molecule has 4 rings (SSSR count). The van der Waals surface area contributed by atoms with Crippen LogP contribution in [0.2, 0.25) is 0 Å². The molecule has 0 N–H and O–H groups in total. The molecule has 2 aromatic heterocycles. The lowest BCUT2D eigenvalue weighted by molar-refractivity contribution is -0.119. The van der Waals surface area contributed by atoms with Crippen LogP contribution in [-0.4, -0.2) is 25.2 Å². The molecule has 2 heterocycles. The zero-order valence-electron chi connectivity index (χ0n) is 16.3. The van der Waals surface area contributed by atoms with Crippen molar-refractivity contribution < 1.29 is 4.79 Å². The molecule has 7 nitrogen and oxygen atoms in total. The number of rotatable bonds is 5. The van der Waals surface area contributed by atoms with Gasteiger partial charge in [-0.25, -0.2) is 4.98 Å². The molecular formula is C22H21N5O2. The van der Waals surface area contributed by atoms with Gasteiger partial charge >= 0.3 is 0 Å². The van der Waals surface area contributed by atoms with Gasteiger partial charge in [0.15, 0.2) is 5.65 Å². The molecule has 4 aromatic rings. The first kappa shape index (κ1) is 18.6. The second-order valence-electron chi connectivity index (χ2n) is 6.98. The molecule has 0 spiro atoms. The number of nitrogens with zero attached hydrogens (tertiary/aromatic N) is 5. The van der Waals surface area contributed by atoms with Gasteiger partial charge in [-0.15, -0.1) is 0 Å². The minimum Gasteiger partial charge on any atom is -0.306 e. The maximum absolute atomic E-state index is 13.2. The SMILES string of the molecule is Cc1ccc(N(Cc2ccccc2)C(=O)Cn2cnc3c(cnn3C)c2=O)cc1. The monoisotopic (exact) mass is 387 g/mol. The number of aryl methyl sites for hydroxylation is 2. The number of anilines is 1. The Labute approximate surface area is 167 Å². The summed E-state index contributed by atoms with van der Waals surface area (Å²) in [6.45, 7) is 2.32. The topological polar surface area (TPSA) is 73.0 Å². The highest BCUT2D eigenvalue weighted by Gasteiger charge is 2.18. The van der Waals surface area contributed by atoms with Gasteiger partial charge in [0, 0.05) is 12.7 Å². The van der Waals surface area contributed by atoms with Crippen molar-refractivity contribution in [1.82, 2.24) is 19.3 Å². The minimum absolute atomic E-state index is 0.0998. The third-order valence-electron chi connectivity index (χ3n) is 4.85. The van der Waals surface area contributed by atoms with E-state index in [2.05, 4.69) is 10.1 Å². The van der Waals surface area contributed by atoms with Crippen LogP contribution in [0.25, 0.3) is 11.0 Å². The van der Waals surface area contributed by atoms with Gasteiger partial charge in [-0.05, 0) is 24.6 Å². The second kappa shape index (κ2) is 7.71. The summed E-state index contributed by atoms with van der Waals surface area (Å²) in [7, 11) is 1.73. The number of carbonyl (C=O) groups excluding carboxylic acids is 1. The molecule has 29 heavy (non-hydrogen) atoms. The van der Waals surface area contributed by atoms with Crippen molar-refractivity contribution in [3.05, 3.63) is 88.6 Å². The van der Waals surface area contributed by atoms with Gasteiger partial charge in [0.05, 0.1) is 12.7 Å². The molecule has 0 aliphatic heterocycles. The first-order valence-corrected chi connectivity index (χ1v) is 9.31. The molecule has 0 aliphatic carbocycles. The van der Waals surface area contributed by atoms with Crippen molar-refractivity contribution in [3.8, 4) is 0 Å². The number of hydrogen-bond acceptors (Lipinski definition) is 4. The van der Waals surface area contributed by atoms with Crippen molar-refractivity contribution in [3.63, 3.8) is 0 Å². The van der Waals surface area contributed by atoms with Gasteiger partial charge in [-0.3, -0.25) is 18.8 Å². The van der Waals surface area contributed by atoms with E-state index >= 15 is 0 Å². The lowest BCUT2D eigenvalue weighted by Crippen LogP contribution is -2.36. The van der Waals surface area contributed by atoms with Gasteiger partial charge in [0.25, 0.3) is 5.56 Å². The smallest absolute Gasteiger partial charge is 0.264 e. The minimum atomic E-state index is -0.278. The molecule has 0 fully saturated rings. The predicted octanol–water partition coefficient (Wildman–Crippen LogP) is 2.67. The van der Waals surface area contributed by atoms with Crippen LogP contribution in [0.4, 0.5) is 5.69 Å². The van der Waals surface area contributed by atoms with Crippen LogP contribution in [0.1, 0.15) is 11.1 Å². The lowest BCUT2D eigenvalue weighted by atomic mass is 10.1. The molecule has 0 radical (unpaired) electrons. The van der Waals surface area contributed by atoms with Gasteiger partial charge in [0.2, 0.25) is 5.91 Å². The molecule has 0 unspecified atom stereocenters. The fraction of sp³-hybridized carbons (Fsp3) is 0.182. The summed E-state index contributed by atoms with van der Waals surface area (Å²) in [5.74, 6) is -0.190. The molecule has 146 valence electrons. The van der Waals surface area contributed by atoms with Crippen LogP contribution >= 0.6 is 0 Å². The fourth-order valence-electron chi connectivity index (χ4n) is 3.22. The van der Waals surface area contributed by atoms with Crippen molar-refractivity contribution in [2.24, 2.45) is 7.05 Å². The van der Waals surface area contributed by atoms with Crippen LogP contribution in [0, 0.1) is 6.92 Å². The molecule has 2 aromatic carbocycles. The van der Waals surface area contributed by atoms with Crippen molar-refractivity contribution >= 4 is 22.6 Å². The van der Waals surface area contributed by atoms with Gasteiger partial charge in [-0.1, -0.05) is 48.0 Å². The summed E-state index contributed by atoms with van der Waals surface area (Å²) in [6, 6.07) is 17.6. The second-order valence-corrected chi connectivity index (χ2v) is 6.98. The van der Waals surface area contributed by atoms with Crippen LogP contribution in [-0.2, 0) is 24.9 Å². The highest BCUT2D eigenvalue weighted by Crippen LogP contribution is 2.19. The average Bonchev–Trinajstić information content (AvgIpc) is 3.11. The number of carbonyl (C=O) groups is 1. The summed E-state index contributed by atoms with van der Waals surface area (Å²) < 4.78 is 2.87. The molecular weight excluding hydrogens is 366 g/mol. The lowest BCUT2D eigenvalue weighted by Gasteiger charge is -2.23. The Morgan fingerprint density at radius 3 is 2.52 bits per heavy atom. The summed E-state index contributed by atoms with van der Waals surface area (Å²) in [5, 5.41) is 4.47. The third kappa shape index (κ3) is 3.80. The molecule has 1 amide bonds. The summed E-state index contributed by atoms with van der Waals surface area (Å²) in [6.07, 6.45) is 2.88. The van der Waals surface area contributed by atoms with Crippen LogP contribution in [0.3, 0.4) is 0 Å². The maximum atomic E-state index is 13.2. The normalized spacial score (nSPS) is 11.0. The highest BCUT2D eigenvalue weighted by atomic mass is 16.2. The van der Waals surface area contributed by atoms with E-state index in [0.29, 0.717) is 17.6 Å². The van der Waals surface area contributed by atoms with E-state index in [4.69, 9.17) is 0 Å². The third-order valence-corrected chi connectivity index (χ3v) is 4.85. The van der Waals surface area contributed by atoms with Crippen LogP contribution < -0.4 is 10.5 Å². The zero-order chi connectivity index (χ0) is 20.4. The van der Waals surface area contributed by atoms with E-state index < -0.39 is 0 Å². The van der Waals surface area contributed by atoms with E-state index in [-0.39, 0.29) is 18.0 Å². The van der Waals surface area contributed by atoms with E-state index in [0.717, 1.165) is 16.8 Å². The zero-order valence-corrected chi connectivity index (χ0v) is 16.3. The summed E-state index contributed by atoms with van der Waals surface area (Å²) in [4.78, 5) is 31.9. The Kier molecular flexibility index (Phi) is 4.95. The Balaban J connectivity index is 1.67. The van der Waals surface area contributed by atoms with E-state index in [1.807, 2.05) is 61.5 Å². The van der Waals surface area contributed by atoms with Gasteiger partial charge in [0.1, 0.15) is 18.3 Å². The first-order valence-electron chi connectivity index (χ1n) is 9.31. The summed E-state index contributed by atoms with van der Waals surface area (Å²) in [5.41, 5.74) is 3.13. The number of benzene rings is 2. The number of aromatic nitrogens is 4. The standard InChI is InChI=1S/C22H21N5O2/c1-16-8-10-18(11-9-16)27(13-17-6-4-3-5-7-17)20(28)14-26-15-23-21-19(22(26)29)12-24-25(21)2/h3-12,15H,13-14H2,1-2H3. The Hall–Kier alpha value is -3.74. The van der Waals surface area contributed by atoms with Crippen molar-refractivity contribution in [2.75, 3.05) is 4.90 Å². The molecule has 7 heteroatoms. The highest BCUT2D eigenvalue weighted by molar-refractivity contribution is 5.93. The maximum Gasteiger partial charge on any atom is 0.264 e. The van der Waals surface area contributed by atoms with Crippen molar-refractivity contribution in [1.29, 1.82) is 0 Å². The van der Waals surface area contributed by atoms with Crippen LogP contribution in [0.15, 0.2) is 71.9 Å². The number of amides is 1. The molecule has 0 bridgehead atoms. The van der Waals surface area contributed by atoms with E-state index in [9.17, 15) is 9.59 Å². The molecule has 0 saturated carbocycles. The fourth-order valence-corrected chi connectivity index (χ4v) is 3.22. The number of fused-ring (bicyclic) bond motifs is 1. The molecule has 0 atom stereocenters. The van der Waals surface area contributed by atoms with Crippen molar-refractivity contribution in [2.45, 2.75) is 20.0 Å². The molecule has 0 saturated heterocycles. The largest absolute Gasteiger partial charge is 0.306 e. The average molecular weight is 387 g/mol. The van der Waals surface area contributed by atoms with Gasteiger partial charge < -0.3 is 4.90 Å². The number of hydrogen-bond donors (Lipinski definition) is 0. The Morgan fingerprint density at radius 2 is 1.79 bits per heavy atom. The van der Waals surface area contributed by atoms with E-state index in [1.54, 1.807) is 11.9 Å². The predicted molar refractivity (Wildman–Crippen MR) is 112 cm³/mol. The van der Waals surface area contributed by atoms with E-state index in [1.165, 1.54) is 21.8 Å². The Morgan fingerprint density at radius 1 is 1.07 bits per heavy atom.